The van der Waals surface area contributed by atoms with Crippen LogP contribution in [0.5, 0.6) is 17.2 Å². The number of amides is 1. The molecule has 4 rings (SSSR count). The standard InChI is InChI=1S/C23H23NO5/c1-15(2)16-3-6-18(7-4-16)28-14-19-8-10-21(29-19)23(25)24-17-5-9-20-22(13-17)27-12-11-26-20/h3-10,13,15H,11-12,14H2,1-2H3,(H,24,25). The number of rotatable bonds is 6. The van der Waals surface area contributed by atoms with Gasteiger partial charge in [0, 0.05) is 11.8 Å². The minimum atomic E-state index is -0.339. The minimum Gasteiger partial charge on any atom is -0.486 e. The lowest BCUT2D eigenvalue weighted by molar-refractivity contribution is 0.0992. The van der Waals surface area contributed by atoms with Crippen LogP contribution in [0.3, 0.4) is 0 Å². The zero-order valence-electron chi connectivity index (χ0n) is 16.4. The van der Waals surface area contributed by atoms with Gasteiger partial charge in [-0.05, 0) is 47.9 Å². The van der Waals surface area contributed by atoms with Crippen molar-refractivity contribution in [2.24, 2.45) is 0 Å². The molecule has 0 radical (unpaired) electrons. The normalized spacial score (nSPS) is 12.7. The molecule has 0 aliphatic carbocycles. The second kappa shape index (κ2) is 8.31. The van der Waals surface area contributed by atoms with Gasteiger partial charge in [-0.1, -0.05) is 26.0 Å². The number of ether oxygens (including phenoxy) is 3. The van der Waals surface area contributed by atoms with Gasteiger partial charge in [0.05, 0.1) is 0 Å². The first kappa shape index (κ1) is 18.9. The van der Waals surface area contributed by atoms with E-state index in [-0.39, 0.29) is 18.3 Å². The number of carbonyl (C=O) groups is 1. The van der Waals surface area contributed by atoms with Crippen molar-refractivity contribution in [2.45, 2.75) is 26.4 Å². The largest absolute Gasteiger partial charge is 0.486 e. The molecule has 0 saturated carbocycles. The highest BCUT2D eigenvalue weighted by molar-refractivity contribution is 6.02. The third-order valence-electron chi connectivity index (χ3n) is 4.61. The topological polar surface area (TPSA) is 69.9 Å². The number of hydrogen-bond acceptors (Lipinski definition) is 5. The summed E-state index contributed by atoms with van der Waals surface area (Å²) in [5.74, 6) is 2.98. The van der Waals surface area contributed by atoms with Gasteiger partial charge >= 0.3 is 0 Å². The average Bonchev–Trinajstić information content (AvgIpc) is 3.22. The number of fused-ring (bicyclic) bond motifs is 1. The molecule has 2 aromatic carbocycles. The predicted molar refractivity (Wildman–Crippen MR) is 109 cm³/mol. The fourth-order valence-electron chi connectivity index (χ4n) is 2.99. The second-order valence-corrected chi connectivity index (χ2v) is 7.09. The SMILES string of the molecule is CC(C)c1ccc(OCc2ccc(C(=O)Nc3ccc4c(c3)OCCO4)o2)cc1. The number of carbonyl (C=O) groups excluding carboxylic acids is 1. The molecule has 0 fully saturated rings. The maximum absolute atomic E-state index is 12.5. The van der Waals surface area contributed by atoms with Crippen molar-refractivity contribution in [3.63, 3.8) is 0 Å². The smallest absolute Gasteiger partial charge is 0.291 e. The number of benzene rings is 2. The zero-order chi connectivity index (χ0) is 20.2. The van der Waals surface area contributed by atoms with Crippen molar-refractivity contribution in [1.29, 1.82) is 0 Å². The van der Waals surface area contributed by atoms with Crippen LogP contribution in [0.4, 0.5) is 5.69 Å². The van der Waals surface area contributed by atoms with Crippen LogP contribution in [0.2, 0.25) is 0 Å². The van der Waals surface area contributed by atoms with E-state index in [1.807, 2.05) is 24.3 Å². The molecule has 0 saturated heterocycles. The number of anilines is 1. The van der Waals surface area contributed by atoms with E-state index in [4.69, 9.17) is 18.6 Å². The van der Waals surface area contributed by atoms with E-state index >= 15 is 0 Å². The highest BCUT2D eigenvalue weighted by Crippen LogP contribution is 2.32. The summed E-state index contributed by atoms with van der Waals surface area (Å²) in [5, 5.41) is 2.80. The van der Waals surface area contributed by atoms with Crippen LogP contribution in [0.15, 0.2) is 59.0 Å². The van der Waals surface area contributed by atoms with E-state index < -0.39 is 0 Å². The summed E-state index contributed by atoms with van der Waals surface area (Å²) in [6.07, 6.45) is 0. The molecule has 1 amide bonds. The van der Waals surface area contributed by atoms with Crippen molar-refractivity contribution in [2.75, 3.05) is 18.5 Å². The van der Waals surface area contributed by atoms with Crippen LogP contribution in [0.25, 0.3) is 0 Å². The monoisotopic (exact) mass is 393 g/mol. The van der Waals surface area contributed by atoms with Gasteiger partial charge in [-0.25, -0.2) is 0 Å². The minimum absolute atomic E-state index is 0.216. The third kappa shape index (κ3) is 4.54. The number of hydrogen-bond donors (Lipinski definition) is 1. The molecule has 1 aliphatic rings. The lowest BCUT2D eigenvalue weighted by atomic mass is 10.0. The number of nitrogens with one attached hydrogen (secondary N) is 1. The Morgan fingerprint density at radius 2 is 1.76 bits per heavy atom. The predicted octanol–water partition coefficient (Wildman–Crippen LogP) is 5.01. The van der Waals surface area contributed by atoms with Crippen LogP contribution < -0.4 is 19.5 Å². The maximum Gasteiger partial charge on any atom is 0.291 e. The summed E-state index contributed by atoms with van der Waals surface area (Å²) in [7, 11) is 0. The summed E-state index contributed by atoms with van der Waals surface area (Å²) < 4.78 is 22.4. The molecule has 3 aromatic rings. The van der Waals surface area contributed by atoms with E-state index in [1.54, 1.807) is 30.3 Å². The van der Waals surface area contributed by atoms with E-state index in [0.29, 0.717) is 42.1 Å². The molecule has 1 N–H and O–H groups in total. The van der Waals surface area contributed by atoms with Crippen molar-refractivity contribution in [1.82, 2.24) is 0 Å². The highest BCUT2D eigenvalue weighted by atomic mass is 16.6. The second-order valence-electron chi connectivity index (χ2n) is 7.09. The maximum atomic E-state index is 12.5. The average molecular weight is 393 g/mol. The highest BCUT2D eigenvalue weighted by Gasteiger charge is 2.15. The molecule has 2 heterocycles. The molecule has 6 nitrogen and oxygen atoms in total. The summed E-state index contributed by atoms with van der Waals surface area (Å²) >= 11 is 0. The van der Waals surface area contributed by atoms with E-state index in [9.17, 15) is 4.79 Å². The van der Waals surface area contributed by atoms with Crippen molar-refractivity contribution in [3.05, 3.63) is 71.7 Å². The first-order valence-corrected chi connectivity index (χ1v) is 9.61. The summed E-state index contributed by atoms with van der Waals surface area (Å²) in [4.78, 5) is 12.5. The van der Waals surface area contributed by atoms with Gasteiger partial charge in [-0.3, -0.25) is 4.79 Å². The van der Waals surface area contributed by atoms with E-state index in [0.717, 1.165) is 5.75 Å². The molecule has 0 spiro atoms. The van der Waals surface area contributed by atoms with Crippen LogP contribution >= 0.6 is 0 Å². The zero-order valence-corrected chi connectivity index (χ0v) is 16.4. The van der Waals surface area contributed by atoms with Crippen LogP contribution in [0.1, 0.15) is 41.6 Å². The molecule has 1 aromatic heterocycles. The Kier molecular flexibility index (Phi) is 5.42. The Balaban J connectivity index is 1.35. The van der Waals surface area contributed by atoms with Gasteiger partial charge < -0.3 is 23.9 Å². The van der Waals surface area contributed by atoms with Crippen LogP contribution in [-0.2, 0) is 6.61 Å². The van der Waals surface area contributed by atoms with Gasteiger partial charge in [0.25, 0.3) is 5.91 Å². The first-order chi connectivity index (χ1) is 14.1. The molecule has 0 atom stereocenters. The fourth-order valence-corrected chi connectivity index (χ4v) is 2.99. The Morgan fingerprint density at radius 1 is 1.00 bits per heavy atom. The summed E-state index contributed by atoms with van der Waals surface area (Å²) in [6.45, 7) is 5.56. The van der Waals surface area contributed by atoms with Gasteiger partial charge in [-0.2, -0.15) is 0 Å². The summed E-state index contributed by atoms with van der Waals surface area (Å²) in [6, 6.07) is 16.6. The van der Waals surface area contributed by atoms with Crippen molar-refractivity contribution < 1.29 is 23.4 Å². The molecule has 1 aliphatic heterocycles. The molecule has 6 heteroatoms. The van der Waals surface area contributed by atoms with E-state index in [2.05, 4.69) is 19.2 Å². The van der Waals surface area contributed by atoms with E-state index in [1.165, 1.54) is 5.56 Å². The molecule has 0 bridgehead atoms. The first-order valence-electron chi connectivity index (χ1n) is 9.61. The van der Waals surface area contributed by atoms with Gasteiger partial charge in [-0.15, -0.1) is 0 Å². The fraction of sp³-hybridized carbons (Fsp3) is 0.261. The molecule has 0 unspecified atom stereocenters. The quantitative estimate of drug-likeness (QED) is 0.638. The number of furan rings is 1. The molecular formula is C23H23NO5. The van der Waals surface area contributed by atoms with Gasteiger partial charge in [0.2, 0.25) is 0 Å². The molecule has 150 valence electrons. The lowest BCUT2D eigenvalue weighted by Crippen LogP contribution is -2.16. The van der Waals surface area contributed by atoms with Crippen molar-refractivity contribution >= 4 is 11.6 Å². The van der Waals surface area contributed by atoms with Crippen LogP contribution in [0, 0.1) is 0 Å². The third-order valence-corrected chi connectivity index (χ3v) is 4.61. The van der Waals surface area contributed by atoms with Gasteiger partial charge in [0.1, 0.15) is 31.3 Å². The molecule has 29 heavy (non-hydrogen) atoms. The Bertz CT molecular complexity index is 991. The Hall–Kier alpha value is -3.41. The van der Waals surface area contributed by atoms with Crippen LogP contribution in [-0.4, -0.2) is 19.1 Å². The molecular weight excluding hydrogens is 370 g/mol. The van der Waals surface area contributed by atoms with Crippen molar-refractivity contribution in [3.8, 4) is 17.2 Å². The Labute approximate surface area is 169 Å². The van der Waals surface area contributed by atoms with Gasteiger partial charge in [0.15, 0.2) is 17.3 Å². The Morgan fingerprint density at radius 3 is 2.52 bits per heavy atom. The lowest BCUT2D eigenvalue weighted by Gasteiger charge is -2.18. The summed E-state index contributed by atoms with van der Waals surface area (Å²) in [5.41, 5.74) is 1.87.